The van der Waals surface area contributed by atoms with Crippen LogP contribution in [0.2, 0.25) is 5.02 Å². The third-order valence-electron chi connectivity index (χ3n) is 4.97. The summed E-state index contributed by atoms with van der Waals surface area (Å²) in [6.45, 7) is 1.28. The number of pyridine rings is 2. The van der Waals surface area contributed by atoms with Crippen molar-refractivity contribution in [2.24, 2.45) is 0 Å². The predicted octanol–water partition coefficient (Wildman–Crippen LogP) is 4.37. The number of anilines is 1. The van der Waals surface area contributed by atoms with Gasteiger partial charge in [0.1, 0.15) is 12.4 Å². The third-order valence-corrected chi connectivity index (χ3v) is 5.21. The van der Waals surface area contributed by atoms with Gasteiger partial charge in [-0.05, 0) is 55.0 Å². The van der Waals surface area contributed by atoms with Crippen molar-refractivity contribution >= 4 is 39.9 Å². The lowest BCUT2D eigenvalue weighted by Gasteiger charge is -2.14. The number of nitrogens with zero attached hydrogens (tertiary/aromatic N) is 2. The lowest BCUT2D eigenvalue weighted by Crippen LogP contribution is -2.24. The van der Waals surface area contributed by atoms with Crippen molar-refractivity contribution in [1.82, 2.24) is 9.55 Å². The van der Waals surface area contributed by atoms with Crippen LogP contribution in [0.4, 0.5) is 10.1 Å². The van der Waals surface area contributed by atoms with E-state index in [9.17, 15) is 18.8 Å². The summed E-state index contributed by atoms with van der Waals surface area (Å²) in [5.41, 5.74) is 0.596. The van der Waals surface area contributed by atoms with Crippen LogP contribution < -0.4 is 10.7 Å². The molecule has 2 aromatic carbocycles. The highest BCUT2D eigenvalue weighted by atomic mass is 35.5. The fourth-order valence-corrected chi connectivity index (χ4v) is 3.58. The number of fused-ring (bicyclic) bond motifs is 1. The molecule has 2 heterocycles. The van der Waals surface area contributed by atoms with Crippen molar-refractivity contribution in [3.05, 3.63) is 105 Å². The van der Waals surface area contributed by atoms with Crippen LogP contribution >= 0.6 is 11.6 Å². The third kappa shape index (κ3) is 4.29. The van der Waals surface area contributed by atoms with Crippen LogP contribution in [-0.4, -0.2) is 21.2 Å². The Morgan fingerprint density at radius 2 is 1.88 bits per heavy atom. The van der Waals surface area contributed by atoms with Crippen LogP contribution in [0.5, 0.6) is 0 Å². The Bertz CT molecular complexity index is 1420. The molecule has 0 aliphatic carbocycles. The lowest BCUT2D eigenvalue weighted by molar-refractivity contribution is -0.116. The number of rotatable bonds is 5. The van der Waals surface area contributed by atoms with E-state index in [0.717, 1.165) is 0 Å². The number of amides is 1. The molecule has 0 bridgehead atoms. The van der Waals surface area contributed by atoms with E-state index in [1.165, 1.54) is 54.3 Å². The summed E-state index contributed by atoms with van der Waals surface area (Å²) in [6, 6.07) is 12.2. The van der Waals surface area contributed by atoms with Gasteiger partial charge in [0.25, 0.3) is 0 Å². The van der Waals surface area contributed by atoms with E-state index in [1.807, 2.05) is 0 Å². The molecule has 0 radical (unpaired) electrons. The molecule has 0 aliphatic rings. The molecule has 32 heavy (non-hydrogen) atoms. The van der Waals surface area contributed by atoms with Gasteiger partial charge in [-0.15, -0.1) is 0 Å². The number of aryl methyl sites for hydroxylation is 1. The lowest BCUT2D eigenvalue weighted by atomic mass is 10.0. The van der Waals surface area contributed by atoms with Gasteiger partial charge in [-0.25, -0.2) is 4.39 Å². The summed E-state index contributed by atoms with van der Waals surface area (Å²) in [4.78, 5) is 42.6. The number of carbonyl (C=O) groups is 2. The first kappa shape index (κ1) is 21.4. The molecule has 6 nitrogen and oxygen atoms in total. The minimum atomic E-state index is -0.531. The summed E-state index contributed by atoms with van der Waals surface area (Å²) in [5, 5.41) is 3.32. The van der Waals surface area contributed by atoms with Gasteiger partial charge >= 0.3 is 0 Å². The second kappa shape index (κ2) is 8.72. The first-order valence-electron chi connectivity index (χ1n) is 9.67. The van der Waals surface area contributed by atoms with E-state index < -0.39 is 22.9 Å². The average Bonchev–Trinajstić information content (AvgIpc) is 2.77. The second-order valence-electron chi connectivity index (χ2n) is 7.24. The van der Waals surface area contributed by atoms with Gasteiger partial charge in [-0.2, -0.15) is 0 Å². The van der Waals surface area contributed by atoms with Crippen LogP contribution in [0.15, 0.2) is 71.9 Å². The van der Waals surface area contributed by atoms with Crippen molar-refractivity contribution in [1.29, 1.82) is 0 Å². The molecule has 0 fully saturated rings. The summed E-state index contributed by atoms with van der Waals surface area (Å²) in [5.74, 6) is -1.46. The van der Waals surface area contributed by atoms with Crippen molar-refractivity contribution in [2.45, 2.75) is 13.5 Å². The highest BCUT2D eigenvalue weighted by molar-refractivity contribution is 6.30. The zero-order valence-corrected chi connectivity index (χ0v) is 17.7. The summed E-state index contributed by atoms with van der Waals surface area (Å²) in [7, 11) is 0. The molecule has 0 aliphatic heterocycles. The first-order valence-corrected chi connectivity index (χ1v) is 10.0. The highest BCUT2D eigenvalue weighted by Gasteiger charge is 2.19. The molecular formula is C24H17ClFN3O3. The molecule has 0 saturated heterocycles. The largest absolute Gasteiger partial charge is 0.337 e. The molecule has 1 amide bonds. The number of hydrogen-bond donors (Lipinski definition) is 1. The van der Waals surface area contributed by atoms with Crippen molar-refractivity contribution in [3.63, 3.8) is 0 Å². The maximum absolute atomic E-state index is 14.3. The van der Waals surface area contributed by atoms with E-state index in [-0.39, 0.29) is 34.1 Å². The Balaban J connectivity index is 1.80. The quantitative estimate of drug-likeness (QED) is 0.459. The van der Waals surface area contributed by atoms with Crippen LogP contribution in [-0.2, 0) is 11.3 Å². The zero-order chi connectivity index (χ0) is 22.8. The van der Waals surface area contributed by atoms with Crippen LogP contribution in [0.1, 0.15) is 21.5 Å². The van der Waals surface area contributed by atoms with Gasteiger partial charge in [0.15, 0.2) is 5.78 Å². The maximum Gasteiger partial charge on any atom is 0.244 e. The van der Waals surface area contributed by atoms with E-state index in [0.29, 0.717) is 10.7 Å². The average molecular weight is 450 g/mol. The summed E-state index contributed by atoms with van der Waals surface area (Å²) in [6.07, 6.45) is 4.19. The Hall–Kier alpha value is -3.84. The molecule has 2 aromatic heterocycles. The number of carbonyl (C=O) groups excluding carboxylic acids is 2. The van der Waals surface area contributed by atoms with Crippen LogP contribution in [0.25, 0.3) is 10.9 Å². The van der Waals surface area contributed by atoms with Crippen molar-refractivity contribution < 1.29 is 14.0 Å². The Morgan fingerprint density at radius 1 is 1.12 bits per heavy atom. The van der Waals surface area contributed by atoms with Gasteiger partial charge < -0.3 is 9.88 Å². The van der Waals surface area contributed by atoms with Crippen LogP contribution in [0.3, 0.4) is 0 Å². The van der Waals surface area contributed by atoms with Gasteiger partial charge in [-0.1, -0.05) is 17.7 Å². The monoisotopic (exact) mass is 449 g/mol. The molecule has 160 valence electrons. The SMILES string of the molecule is Cc1cc2c(=O)c(C(=O)c3ccncc3)cn(CC(=O)Nc3cccc(Cl)c3)c2cc1F. The van der Waals surface area contributed by atoms with Gasteiger partial charge in [0, 0.05) is 40.3 Å². The number of nitrogens with one attached hydrogen (secondary N) is 1. The smallest absolute Gasteiger partial charge is 0.244 e. The molecule has 0 saturated carbocycles. The Morgan fingerprint density at radius 3 is 2.59 bits per heavy atom. The maximum atomic E-state index is 14.3. The molecule has 0 atom stereocenters. The van der Waals surface area contributed by atoms with E-state index >= 15 is 0 Å². The molecule has 1 N–H and O–H groups in total. The number of benzene rings is 2. The molecular weight excluding hydrogens is 433 g/mol. The summed E-state index contributed by atoms with van der Waals surface area (Å²) < 4.78 is 15.7. The van der Waals surface area contributed by atoms with E-state index in [4.69, 9.17) is 11.6 Å². The Labute approximate surface area is 187 Å². The van der Waals surface area contributed by atoms with Crippen LogP contribution in [0, 0.1) is 12.7 Å². The molecule has 0 spiro atoms. The zero-order valence-electron chi connectivity index (χ0n) is 16.9. The Kier molecular flexibility index (Phi) is 5.83. The minimum Gasteiger partial charge on any atom is -0.337 e. The fraction of sp³-hybridized carbons (Fsp3) is 0.0833. The number of ketones is 1. The predicted molar refractivity (Wildman–Crippen MR) is 121 cm³/mol. The van der Waals surface area contributed by atoms with Crippen molar-refractivity contribution in [2.75, 3.05) is 5.32 Å². The normalized spacial score (nSPS) is 10.8. The van der Waals surface area contributed by atoms with Gasteiger partial charge in [0.2, 0.25) is 11.3 Å². The standard InChI is InChI=1S/C24H17ClFN3O3/c1-14-9-18-21(11-20(14)26)29(13-22(30)28-17-4-2-3-16(25)10-17)12-19(24(18)32)23(31)15-5-7-27-8-6-15/h2-12H,13H2,1H3,(H,28,30). The fourth-order valence-electron chi connectivity index (χ4n) is 3.39. The second-order valence-corrected chi connectivity index (χ2v) is 7.68. The number of hydrogen-bond acceptors (Lipinski definition) is 4. The van der Waals surface area contributed by atoms with Gasteiger partial charge in [-0.3, -0.25) is 19.4 Å². The van der Waals surface area contributed by atoms with Gasteiger partial charge in [0.05, 0.1) is 11.1 Å². The highest BCUT2D eigenvalue weighted by Crippen LogP contribution is 2.20. The number of halogens is 2. The molecule has 8 heteroatoms. The first-order chi connectivity index (χ1) is 15.3. The topological polar surface area (TPSA) is 81.1 Å². The number of aromatic nitrogens is 2. The summed E-state index contributed by atoms with van der Waals surface area (Å²) >= 11 is 5.96. The van der Waals surface area contributed by atoms with E-state index in [1.54, 1.807) is 24.3 Å². The molecule has 0 unspecified atom stereocenters. The molecule has 4 aromatic rings. The minimum absolute atomic E-state index is 0.120. The molecule has 4 rings (SSSR count). The van der Waals surface area contributed by atoms with E-state index in [2.05, 4.69) is 10.3 Å². The van der Waals surface area contributed by atoms with Crippen molar-refractivity contribution in [3.8, 4) is 0 Å².